The van der Waals surface area contributed by atoms with Crippen LogP contribution >= 0.6 is 0 Å². The van der Waals surface area contributed by atoms with Gasteiger partial charge in [0.1, 0.15) is 5.75 Å². The third-order valence-corrected chi connectivity index (χ3v) is 4.68. The molecule has 0 unspecified atom stereocenters. The molecule has 1 N–H and O–H groups in total. The summed E-state index contributed by atoms with van der Waals surface area (Å²) in [5.41, 5.74) is 0.445. The first kappa shape index (κ1) is 23.8. The molecule has 0 fully saturated rings. The number of rotatable bonds is 8. The molecule has 3 aromatic rings. The minimum atomic E-state index is -4.49. The lowest BCUT2D eigenvalue weighted by atomic mass is 10.1. The number of alkyl halides is 3. The van der Waals surface area contributed by atoms with Gasteiger partial charge in [-0.2, -0.15) is 23.5 Å². The van der Waals surface area contributed by atoms with Gasteiger partial charge in [-0.25, -0.2) is 9.67 Å². The highest BCUT2D eigenvalue weighted by atomic mass is 19.4. The second-order valence-electron chi connectivity index (χ2n) is 7.50. The van der Waals surface area contributed by atoms with E-state index < -0.39 is 17.6 Å². The van der Waals surface area contributed by atoms with Crippen molar-refractivity contribution in [2.24, 2.45) is 0 Å². The Kier molecular flexibility index (Phi) is 7.33. The smallest absolute Gasteiger partial charge is 0.417 e. The van der Waals surface area contributed by atoms with Crippen LogP contribution in [0, 0.1) is 11.3 Å². The number of aromatic nitrogens is 3. The highest BCUT2D eigenvalue weighted by Crippen LogP contribution is 2.30. The Balaban J connectivity index is 1.81. The lowest BCUT2D eigenvalue weighted by Gasteiger charge is -2.13. The summed E-state index contributed by atoms with van der Waals surface area (Å²) in [6.07, 6.45) is -1.39. The maximum Gasteiger partial charge on any atom is 0.417 e. The first-order valence-electron chi connectivity index (χ1n) is 10.2. The van der Waals surface area contributed by atoms with Crippen molar-refractivity contribution in [3.63, 3.8) is 0 Å². The van der Waals surface area contributed by atoms with Crippen LogP contribution in [0.5, 0.6) is 5.75 Å². The number of benzene rings is 1. The van der Waals surface area contributed by atoms with E-state index in [2.05, 4.69) is 15.4 Å². The van der Waals surface area contributed by atoms with Crippen molar-refractivity contribution in [2.75, 3.05) is 11.9 Å². The van der Waals surface area contributed by atoms with Gasteiger partial charge in [0, 0.05) is 24.4 Å². The summed E-state index contributed by atoms with van der Waals surface area (Å²) in [6.45, 7) is 4.09. The van der Waals surface area contributed by atoms with Crippen molar-refractivity contribution in [3.05, 3.63) is 65.6 Å². The van der Waals surface area contributed by atoms with Crippen LogP contribution in [-0.2, 0) is 6.18 Å². The van der Waals surface area contributed by atoms with Gasteiger partial charge in [-0.1, -0.05) is 19.9 Å². The van der Waals surface area contributed by atoms with Crippen molar-refractivity contribution in [3.8, 4) is 17.6 Å². The summed E-state index contributed by atoms with van der Waals surface area (Å²) in [5, 5.41) is 15.6. The number of halogens is 3. The molecule has 33 heavy (non-hydrogen) atoms. The lowest BCUT2D eigenvalue weighted by Crippen LogP contribution is -2.16. The minimum absolute atomic E-state index is 0.160. The standard InChI is InChI=1S/C23H22F3N5O2/c1-15(2)21-19(14-29-31(21)20-9-8-16(13-28-20)23(24,25)26)22(32)30-17-6-5-7-18(12-17)33-11-4-3-10-27/h5-9,12-15H,3-4,11H2,1-2H3,(H,30,32). The zero-order valence-corrected chi connectivity index (χ0v) is 18.1. The number of hydrogen-bond donors (Lipinski definition) is 1. The molecule has 0 spiro atoms. The summed E-state index contributed by atoms with van der Waals surface area (Å²) in [4.78, 5) is 16.9. The number of carbonyl (C=O) groups excluding carboxylic acids is 1. The predicted octanol–water partition coefficient (Wildman–Crippen LogP) is 5.34. The Bertz CT molecular complexity index is 1150. The summed E-state index contributed by atoms with van der Waals surface area (Å²) in [7, 11) is 0. The molecule has 0 saturated carbocycles. The molecule has 10 heteroatoms. The number of nitrogens with one attached hydrogen (secondary N) is 1. The van der Waals surface area contributed by atoms with Crippen LogP contribution in [0.2, 0.25) is 0 Å². The Hall–Kier alpha value is -3.87. The predicted molar refractivity (Wildman–Crippen MR) is 115 cm³/mol. The number of amides is 1. The molecule has 0 saturated heterocycles. The second kappa shape index (κ2) is 10.2. The average molecular weight is 457 g/mol. The maximum absolute atomic E-state index is 13.0. The van der Waals surface area contributed by atoms with Gasteiger partial charge >= 0.3 is 6.18 Å². The number of ether oxygens (including phenoxy) is 1. The monoisotopic (exact) mass is 457 g/mol. The Morgan fingerprint density at radius 1 is 1.24 bits per heavy atom. The third kappa shape index (κ3) is 5.88. The molecule has 2 aromatic heterocycles. The fraction of sp³-hybridized carbons (Fsp3) is 0.304. The first-order valence-corrected chi connectivity index (χ1v) is 10.2. The van der Waals surface area contributed by atoms with Gasteiger partial charge in [0.15, 0.2) is 5.82 Å². The summed E-state index contributed by atoms with van der Waals surface area (Å²) >= 11 is 0. The maximum atomic E-state index is 13.0. The average Bonchev–Trinajstić information content (AvgIpc) is 3.22. The molecule has 1 amide bonds. The number of nitrogens with zero attached hydrogens (tertiary/aromatic N) is 4. The molecule has 3 rings (SSSR count). The molecule has 0 aliphatic rings. The van der Waals surface area contributed by atoms with Crippen LogP contribution < -0.4 is 10.1 Å². The SMILES string of the molecule is CC(C)c1c(C(=O)Nc2cccc(OCCCC#N)c2)cnn1-c1ccc(C(F)(F)F)cn1. The Labute approximate surface area is 188 Å². The van der Waals surface area contributed by atoms with Crippen molar-refractivity contribution < 1.29 is 22.7 Å². The molecule has 0 bridgehead atoms. The molecule has 0 atom stereocenters. The van der Waals surface area contributed by atoms with Crippen molar-refractivity contribution >= 4 is 11.6 Å². The van der Waals surface area contributed by atoms with E-state index in [1.807, 2.05) is 19.9 Å². The number of carbonyl (C=O) groups is 1. The zero-order valence-electron chi connectivity index (χ0n) is 18.1. The van der Waals surface area contributed by atoms with E-state index in [0.717, 1.165) is 12.3 Å². The molecule has 172 valence electrons. The van der Waals surface area contributed by atoms with E-state index in [1.54, 1.807) is 24.3 Å². The van der Waals surface area contributed by atoms with Crippen molar-refractivity contribution in [1.29, 1.82) is 5.26 Å². The second-order valence-corrected chi connectivity index (χ2v) is 7.50. The van der Waals surface area contributed by atoms with Gasteiger partial charge in [0.2, 0.25) is 0 Å². The van der Waals surface area contributed by atoms with E-state index in [9.17, 15) is 18.0 Å². The molecular formula is C23H22F3N5O2. The van der Waals surface area contributed by atoms with Gasteiger partial charge in [0.25, 0.3) is 5.91 Å². The molecule has 0 aliphatic heterocycles. The molecule has 1 aromatic carbocycles. The van der Waals surface area contributed by atoms with E-state index in [4.69, 9.17) is 10.00 Å². The van der Waals surface area contributed by atoms with E-state index in [0.29, 0.717) is 36.6 Å². The highest BCUT2D eigenvalue weighted by molar-refractivity contribution is 6.05. The number of pyridine rings is 1. The van der Waals surface area contributed by atoms with Crippen LogP contribution in [0.25, 0.3) is 5.82 Å². The van der Waals surface area contributed by atoms with Gasteiger partial charge < -0.3 is 10.1 Å². The molecule has 0 aliphatic carbocycles. The minimum Gasteiger partial charge on any atom is -0.493 e. The molecule has 2 heterocycles. The van der Waals surface area contributed by atoms with Crippen molar-refractivity contribution in [1.82, 2.24) is 14.8 Å². The van der Waals surface area contributed by atoms with E-state index in [-0.39, 0.29) is 17.3 Å². The molecule has 0 radical (unpaired) electrons. The topological polar surface area (TPSA) is 92.8 Å². The van der Waals surface area contributed by atoms with Crippen LogP contribution in [-0.4, -0.2) is 27.3 Å². The van der Waals surface area contributed by atoms with E-state index >= 15 is 0 Å². The van der Waals surface area contributed by atoms with Crippen LogP contribution in [0.4, 0.5) is 18.9 Å². The van der Waals surface area contributed by atoms with Gasteiger partial charge in [-0.15, -0.1) is 0 Å². The fourth-order valence-corrected chi connectivity index (χ4v) is 3.15. The number of hydrogen-bond acceptors (Lipinski definition) is 5. The fourth-order valence-electron chi connectivity index (χ4n) is 3.15. The Morgan fingerprint density at radius 2 is 2.03 bits per heavy atom. The highest BCUT2D eigenvalue weighted by Gasteiger charge is 2.31. The summed E-state index contributed by atoms with van der Waals surface area (Å²) in [6, 6.07) is 11.0. The van der Waals surface area contributed by atoms with Crippen LogP contribution in [0.3, 0.4) is 0 Å². The molecule has 7 nitrogen and oxygen atoms in total. The Morgan fingerprint density at radius 3 is 2.67 bits per heavy atom. The number of unbranched alkanes of at least 4 members (excludes halogenated alkanes) is 1. The number of anilines is 1. The first-order chi connectivity index (χ1) is 15.7. The van der Waals surface area contributed by atoms with Gasteiger partial charge in [0.05, 0.1) is 35.7 Å². The summed E-state index contributed by atoms with van der Waals surface area (Å²) < 4.78 is 45.5. The van der Waals surface area contributed by atoms with E-state index in [1.165, 1.54) is 16.9 Å². The van der Waals surface area contributed by atoms with Gasteiger partial charge in [-0.05, 0) is 36.6 Å². The lowest BCUT2D eigenvalue weighted by molar-refractivity contribution is -0.137. The summed E-state index contributed by atoms with van der Waals surface area (Å²) in [5.74, 6) is 0.156. The number of nitriles is 1. The van der Waals surface area contributed by atoms with Gasteiger partial charge in [-0.3, -0.25) is 4.79 Å². The zero-order chi connectivity index (χ0) is 24.0. The van der Waals surface area contributed by atoms with Crippen molar-refractivity contribution in [2.45, 2.75) is 38.8 Å². The quantitative estimate of drug-likeness (QED) is 0.461. The normalized spacial score (nSPS) is 11.3. The molecular weight excluding hydrogens is 435 g/mol. The third-order valence-electron chi connectivity index (χ3n) is 4.68. The largest absolute Gasteiger partial charge is 0.493 e. The van der Waals surface area contributed by atoms with Crippen LogP contribution in [0.1, 0.15) is 54.2 Å². The van der Waals surface area contributed by atoms with Crippen LogP contribution in [0.15, 0.2) is 48.8 Å².